The zero-order valence-corrected chi connectivity index (χ0v) is 26.3. The van der Waals surface area contributed by atoms with Crippen LogP contribution in [0, 0.1) is 23.7 Å². The lowest BCUT2D eigenvalue weighted by atomic mass is 9.75. The number of Topliss-reactive ketones (excluding diaryl/α,β-unsaturated/α-hetero) is 1. The maximum absolute atomic E-state index is 14.1. The van der Waals surface area contributed by atoms with E-state index in [4.69, 9.17) is 19.6 Å². The SMILES string of the molecule is CCCC(=O)OCOC(=O)c1cc2cc(CC(=O)[C@@H]3[C@H](C4CCCCC4)CCN3C(=O)C3CCC(C(N)CF)CC3)ccc2o1. The number of nitrogens with two attached hydrogens (primary N) is 1. The quantitative estimate of drug-likeness (QED) is 0.228. The highest BCUT2D eigenvalue weighted by atomic mass is 19.1. The topological polar surface area (TPSA) is 129 Å². The van der Waals surface area contributed by atoms with Crippen LogP contribution in [0.25, 0.3) is 11.0 Å². The van der Waals surface area contributed by atoms with Crippen LogP contribution < -0.4 is 5.73 Å². The second kappa shape index (κ2) is 15.3. The van der Waals surface area contributed by atoms with Gasteiger partial charge in [-0.05, 0) is 80.0 Å². The Morgan fingerprint density at radius 3 is 2.47 bits per heavy atom. The van der Waals surface area contributed by atoms with Gasteiger partial charge < -0.3 is 24.5 Å². The van der Waals surface area contributed by atoms with E-state index in [0.717, 1.165) is 50.5 Å². The summed E-state index contributed by atoms with van der Waals surface area (Å²) in [6.45, 7) is 1.42. The molecule has 10 heteroatoms. The summed E-state index contributed by atoms with van der Waals surface area (Å²) in [6.07, 6.45) is 10.5. The van der Waals surface area contributed by atoms with E-state index in [2.05, 4.69) is 0 Å². The number of rotatable bonds is 12. The monoisotopic (exact) mass is 626 g/mol. The Kier molecular flexibility index (Phi) is 11.3. The molecule has 2 aromatic rings. The molecule has 1 aromatic heterocycles. The first-order valence-corrected chi connectivity index (χ1v) is 16.8. The molecule has 45 heavy (non-hydrogen) atoms. The van der Waals surface area contributed by atoms with Crippen molar-refractivity contribution in [3.63, 3.8) is 0 Å². The van der Waals surface area contributed by atoms with Crippen molar-refractivity contribution in [1.82, 2.24) is 4.90 Å². The third-order valence-electron chi connectivity index (χ3n) is 10.2. The van der Waals surface area contributed by atoms with Gasteiger partial charge in [0.2, 0.25) is 18.5 Å². The fourth-order valence-electron chi connectivity index (χ4n) is 7.79. The Bertz CT molecular complexity index is 1340. The van der Waals surface area contributed by atoms with Crippen molar-refractivity contribution in [2.45, 2.75) is 102 Å². The van der Waals surface area contributed by atoms with Gasteiger partial charge >= 0.3 is 11.9 Å². The highest BCUT2D eigenvalue weighted by molar-refractivity contribution is 5.94. The molecule has 0 radical (unpaired) electrons. The Labute approximate surface area is 264 Å². The number of halogens is 1. The van der Waals surface area contributed by atoms with Crippen molar-refractivity contribution >= 4 is 34.6 Å². The molecule has 0 spiro atoms. The van der Waals surface area contributed by atoms with Crippen molar-refractivity contribution < 1.29 is 37.5 Å². The maximum Gasteiger partial charge on any atom is 0.377 e. The molecule has 1 unspecified atom stereocenters. The Morgan fingerprint density at radius 2 is 1.76 bits per heavy atom. The highest BCUT2D eigenvalue weighted by Crippen LogP contribution is 2.41. The van der Waals surface area contributed by atoms with Gasteiger partial charge in [-0.25, -0.2) is 9.18 Å². The number of amides is 1. The molecule has 5 rings (SSSR count). The number of esters is 2. The van der Waals surface area contributed by atoms with Crippen molar-refractivity contribution in [2.24, 2.45) is 29.4 Å². The number of nitrogens with zero attached hydrogens (tertiary/aromatic N) is 1. The Morgan fingerprint density at radius 1 is 1.00 bits per heavy atom. The number of ketones is 1. The van der Waals surface area contributed by atoms with Crippen LogP contribution in [-0.2, 0) is 30.3 Å². The summed E-state index contributed by atoms with van der Waals surface area (Å²) in [4.78, 5) is 53.9. The van der Waals surface area contributed by atoms with E-state index >= 15 is 0 Å². The molecule has 2 N–H and O–H groups in total. The van der Waals surface area contributed by atoms with Crippen molar-refractivity contribution in [3.05, 3.63) is 35.6 Å². The minimum atomic E-state index is -0.746. The van der Waals surface area contributed by atoms with E-state index in [0.29, 0.717) is 42.7 Å². The van der Waals surface area contributed by atoms with Gasteiger partial charge in [-0.2, -0.15) is 0 Å². The van der Waals surface area contributed by atoms with E-state index in [-0.39, 0.29) is 48.0 Å². The van der Waals surface area contributed by atoms with Crippen LogP contribution in [-0.4, -0.2) is 60.6 Å². The Hall–Kier alpha value is -3.27. The zero-order chi connectivity index (χ0) is 31.9. The molecule has 0 bridgehead atoms. The van der Waals surface area contributed by atoms with Crippen LogP contribution in [0.4, 0.5) is 4.39 Å². The van der Waals surface area contributed by atoms with Gasteiger partial charge in [0, 0.05) is 36.7 Å². The molecule has 1 amide bonds. The second-order valence-electron chi connectivity index (χ2n) is 13.2. The summed E-state index contributed by atoms with van der Waals surface area (Å²) >= 11 is 0. The van der Waals surface area contributed by atoms with Crippen LogP contribution >= 0.6 is 0 Å². The Balaban J connectivity index is 1.27. The summed E-state index contributed by atoms with van der Waals surface area (Å²) < 4.78 is 28.7. The lowest BCUT2D eigenvalue weighted by Gasteiger charge is -2.37. The number of likely N-dealkylation sites (tertiary alicyclic amines) is 1. The summed E-state index contributed by atoms with van der Waals surface area (Å²) in [7, 11) is 0. The highest BCUT2D eigenvalue weighted by Gasteiger charge is 2.46. The van der Waals surface area contributed by atoms with Gasteiger partial charge in [0.25, 0.3) is 0 Å². The molecule has 2 aliphatic carbocycles. The predicted molar refractivity (Wildman–Crippen MR) is 166 cm³/mol. The number of hydrogen-bond donors (Lipinski definition) is 1. The molecule has 2 saturated carbocycles. The summed E-state index contributed by atoms with van der Waals surface area (Å²) in [5, 5.41) is 0.654. The second-order valence-corrected chi connectivity index (χ2v) is 13.2. The molecular formula is C35H47FN2O7. The number of ether oxygens (including phenoxy) is 2. The molecule has 246 valence electrons. The predicted octanol–water partition coefficient (Wildman–Crippen LogP) is 5.90. The minimum absolute atomic E-state index is 0.0212. The molecule has 3 fully saturated rings. The summed E-state index contributed by atoms with van der Waals surface area (Å²) in [5.41, 5.74) is 7.21. The normalized spacial score (nSPS) is 24.8. The molecule has 9 nitrogen and oxygen atoms in total. The fraction of sp³-hybridized carbons (Fsp3) is 0.657. The molecule has 3 atom stereocenters. The summed E-state index contributed by atoms with van der Waals surface area (Å²) in [6, 6.07) is 6.02. The zero-order valence-electron chi connectivity index (χ0n) is 26.3. The van der Waals surface area contributed by atoms with E-state index in [9.17, 15) is 23.6 Å². The fourth-order valence-corrected chi connectivity index (χ4v) is 7.79. The smallest absolute Gasteiger partial charge is 0.377 e. The van der Waals surface area contributed by atoms with E-state index in [1.54, 1.807) is 12.1 Å². The average Bonchev–Trinajstić information content (AvgIpc) is 3.70. The molecule has 3 aliphatic rings. The van der Waals surface area contributed by atoms with E-state index in [1.165, 1.54) is 6.42 Å². The van der Waals surface area contributed by atoms with Gasteiger partial charge in [0.05, 0.1) is 6.04 Å². The first-order valence-electron chi connectivity index (χ1n) is 16.8. The molecular weight excluding hydrogens is 579 g/mol. The van der Waals surface area contributed by atoms with Crippen molar-refractivity contribution in [1.29, 1.82) is 0 Å². The van der Waals surface area contributed by atoms with Crippen LogP contribution in [0.2, 0.25) is 0 Å². The third-order valence-corrected chi connectivity index (χ3v) is 10.2. The van der Waals surface area contributed by atoms with Gasteiger partial charge in [-0.3, -0.25) is 14.4 Å². The first-order chi connectivity index (χ1) is 21.8. The lowest BCUT2D eigenvalue weighted by Crippen LogP contribution is -2.48. The summed E-state index contributed by atoms with van der Waals surface area (Å²) in [5.74, 6) is -0.551. The van der Waals surface area contributed by atoms with Gasteiger partial charge in [0.1, 0.15) is 12.3 Å². The standard InChI is InChI=1S/C35H47FN2O7/c1-2-6-32(40)43-21-44-35(42)31-19-26-17-22(9-14-30(26)45-31)18-29(39)33-27(23-7-4-3-5-8-23)15-16-38(33)34(41)25-12-10-24(11-13-25)28(37)20-36/h9,14,17,19,23-25,27-28,33H,2-8,10-13,15-16,18,20-21,37H2,1H3/t24?,25?,27-,28?,33-/m0/s1. The molecule has 1 saturated heterocycles. The lowest BCUT2D eigenvalue weighted by molar-refractivity contribution is -0.152. The van der Waals surface area contributed by atoms with Crippen molar-refractivity contribution in [3.8, 4) is 0 Å². The van der Waals surface area contributed by atoms with Gasteiger partial charge in [-0.1, -0.05) is 45.1 Å². The minimum Gasteiger partial charge on any atom is -0.449 e. The number of hydrogen-bond acceptors (Lipinski definition) is 8. The van der Waals surface area contributed by atoms with Crippen LogP contribution in [0.5, 0.6) is 0 Å². The average molecular weight is 627 g/mol. The molecule has 1 aliphatic heterocycles. The van der Waals surface area contributed by atoms with Crippen LogP contribution in [0.3, 0.4) is 0 Å². The number of benzene rings is 1. The number of carbonyl (C=O) groups is 4. The van der Waals surface area contributed by atoms with Crippen molar-refractivity contribution in [2.75, 3.05) is 20.0 Å². The number of carbonyl (C=O) groups excluding carboxylic acids is 4. The molecule has 2 heterocycles. The molecule has 1 aromatic carbocycles. The van der Waals surface area contributed by atoms with Gasteiger partial charge in [-0.15, -0.1) is 0 Å². The van der Waals surface area contributed by atoms with E-state index < -0.39 is 37.5 Å². The van der Waals surface area contributed by atoms with Crippen LogP contribution in [0.15, 0.2) is 28.7 Å². The number of fused-ring (bicyclic) bond motifs is 1. The number of furan rings is 1. The van der Waals surface area contributed by atoms with E-state index in [1.807, 2.05) is 24.0 Å². The largest absolute Gasteiger partial charge is 0.449 e. The van der Waals surface area contributed by atoms with Gasteiger partial charge in [0.15, 0.2) is 5.78 Å². The van der Waals surface area contributed by atoms with Crippen LogP contribution in [0.1, 0.15) is 100 Å². The third kappa shape index (κ3) is 7.94. The number of alkyl halides is 1. The maximum atomic E-state index is 14.1. The first kappa shape index (κ1) is 33.1.